The highest BCUT2D eigenvalue weighted by atomic mass is 16.3. The van der Waals surface area contributed by atoms with E-state index in [1.807, 2.05) is 0 Å². The van der Waals surface area contributed by atoms with E-state index in [0.29, 0.717) is 19.3 Å². The lowest BCUT2D eigenvalue weighted by atomic mass is 10.00. The minimum atomic E-state index is -1.29. The molecule has 0 aliphatic carbocycles. The van der Waals surface area contributed by atoms with Crippen molar-refractivity contribution in [3.05, 3.63) is 36.5 Å². The summed E-state index contributed by atoms with van der Waals surface area (Å²) in [5.41, 5.74) is 0. The Balaban J connectivity index is 3.71. The SMILES string of the molecule is CCCCCC/C=C/CC/C=C/CC/C=C/CCCC(O)C(O)C(CO)NC(=O)C(O)CCCCCCCCCCCCCCCCCCCCCCCCCC. The first-order chi connectivity index (χ1) is 28.0. The highest BCUT2D eigenvalue weighted by molar-refractivity contribution is 5.80. The molecule has 4 atom stereocenters. The first-order valence-corrected chi connectivity index (χ1v) is 24.9. The Bertz CT molecular complexity index is 904. The van der Waals surface area contributed by atoms with Crippen LogP contribution in [0.5, 0.6) is 0 Å². The van der Waals surface area contributed by atoms with Crippen LogP contribution in [-0.4, -0.2) is 57.3 Å². The lowest BCUT2D eigenvalue weighted by Crippen LogP contribution is -2.53. The molecular formula is C51H97NO5. The zero-order valence-electron chi connectivity index (χ0n) is 37.8. The fraction of sp³-hybridized carbons (Fsp3) is 0.863. The average Bonchev–Trinajstić information content (AvgIpc) is 3.22. The molecule has 0 aliphatic rings. The molecule has 5 N–H and O–H groups in total. The van der Waals surface area contributed by atoms with E-state index in [1.165, 1.54) is 167 Å². The fourth-order valence-corrected chi connectivity index (χ4v) is 7.61. The number of hydrogen-bond acceptors (Lipinski definition) is 5. The van der Waals surface area contributed by atoms with E-state index in [2.05, 4.69) is 55.6 Å². The summed E-state index contributed by atoms with van der Waals surface area (Å²) in [4.78, 5) is 12.5. The zero-order chi connectivity index (χ0) is 41.7. The van der Waals surface area contributed by atoms with E-state index in [9.17, 15) is 25.2 Å². The smallest absolute Gasteiger partial charge is 0.249 e. The van der Waals surface area contributed by atoms with Gasteiger partial charge in [0, 0.05) is 0 Å². The van der Waals surface area contributed by atoms with E-state index < -0.39 is 36.9 Å². The highest BCUT2D eigenvalue weighted by Gasteiger charge is 2.28. The summed E-state index contributed by atoms with van der Waals surface area (Å²) in [6.07, 6.45) is 54.8. The number of aliphatic hydroxyl groups excluding tert-OH is 4. The van der Waals surface area contributed by atoms with Crippen molar-refractivity contribution in [1.82, 2.24) is 5.32 Å². The Morgan fingerprint density at radius 3 is 1.11 bits per heavy atom. The van der Waals surface area contributed by atoms with E-state index in [0.717, 1.165) is 51.4 Å². The molecule has 0 saturated carbocycles. The zero-order valence-corrected chi connectivity index (χ0v) is 37.8. The van der Waals surface area contributed by atoms with Crippen LogP contribution in [0.15, 0.2) is 36.5 Å². The average molecular weight is 804 g/mol. The summed E-state index contributed by atoms with van der Waals surface area (Å²) in [5, 5.41) is 43.8. The van der Waals surface area contributed by atoms with Crippen molar-refractivity contribution in [2.75, 3.05) is 6.61 Å². The summed E-state index contributed by atoms with van der Waals surface area (Å²) in [6.45, 7) is 4.03. The van der Waals surface area contributed by atoms with Gasteiger partial charge in [-0.3, -0.25) is 4.79 Å². The molecular weight excluding hydrogens is 707 g/mol. The van der Waals surface area contributed by atoms with E-state index in [4.69, 9.17) is 0 Å². The number of unbranched alkanes of at least 4 members (excludes halogenated alkanes) is 30. The standard InChI is InChI=1S/C51H97NO5/c1-3-5-7-9-11-13-15-17-19-21-22-23-24-25-26-27-29-31-33-35-37-39-41-43-45-49(55)51(57)52-47(46-53)50(56)48(54)44-42-40-38-36-34-32-30-28-20-18-16-14-12-10-8-6-4-2/h14,16,28,30,36,38,47-50,53-56H,3-13,15,17-27,29,31-35,37,39-46H2,1-2H3,(H,52,57)/b16-14+,30-28+,38-36+. The van der Waals surface area contributed by atoms with Crippen molar-refractivity contribution >= 4 is 5.91 Å². The number of nitrogens with one attached hydrogen (secondary N) is 1. The third kappa shape index (κ3) is 39.7. The van der Waals surface area contributed by atoms with Gasteiger partial charge in [0.2, 0.25) is 5.91 Å². The first kappa shape index (κ1) is 55.5. The third-order valence-electron chi connectivity index (χ3n) is 11.6. The quantitative estimate of drug-likeness (QED) is 0.0311. The van der Waals surface area contributed by atoms with Crippen LogP contribution in [0, 0.1) is 0 Å². The second-order valence-corrected chi connectivity index (χ2v) is 17.1. The molecule has 0 aromatic heterocycles. The van der Waals surface area contributed by atoms with Gasteiger partial charge in [-0.25, -0.2) is 0 Å². The van der Waals surface area contributed by atoms with Crippen LogP contribution < -0.4 is 5.32 Å². The normalized spacial score (nSPS) is 14.3. The topological polar surface area (TPSA) is 110 Å². The molecule has 0 radical (unpaired) electrons. The van der Waals surface area contributed by atoms with Gasteiger partial charge < -0.3 is 25.7 Å². The molecule has 0 rings (SSSR count). The molecule has 0 aromatic carbocycles. The summed E-state index contributed by atoms with van der Waals surface area (Å²) in [6, 6.07) is -1.01. The molecule has 57 heavy (non-hydrogen) atoms. The van der Waals surface area contributed by atoms with Gasteiger partial charge in [-0.2, -0.15) is 0 Å². The Labute approximate surface area is 354 Å². The summed E-state index contributed by atoms with van der Waals surface area (Å²) < 4.78 is 0. The molecule has 0 heterocycles. The molecule has 0 spiro atoms. The van der Waals surface area contributed by atoms with Crippen LogP contribution in [0.4, 0.5) is 0 Å². The second-order valence-electron chi connectivity index (χ2n) is 17.1. The van der Waals surface area contributed by atoms with Crippen LogP contribution in [-0.2, 0) is 4.79 Å². The molecule has 6 heteroatoms. The van der Waals surface area contributed by atoms with Gasteiger partial charge in [0.1, 0.15) is 12.2 Å². The van der Waals surface area contributed by atoms with Crippen LogP contribution in [0.3, 0.4) is 0 Å². The lowest BCUT2D eigenvalue weighted by Gasteiger charge is -2.27. The molecule has 0 aromatic rings. The molecule has 0 aliphatic heterocycles. The van der Waals surface area contributed by atoms with Gasteiger partial charge in [-0.15, -0.1) is 0 Å². The number of carbonyl (C=O) groups excluding carboxylic acids is 1. The van der Waals surface area contributed by atoms with E-state index in [1.54, 1.807) is 0 Å². The Kier molecular flexibility index (Phi) is 44.4. The summed E-state index contributed by atoms with van der Waals surface area (Å²) in [5.74, 6) is -0.597. The molecule has 0 saturated heterocycles. The summed E-state index contributed by atoms with van der Waals surface area (Å²) in [7, 11) is 0. The third-order valence-corrected chi connectivity index (χ3v) is 11.6. The van der Waals surface area contributed by atoms with Crippen molar-refractivity contribution in [3.63, 3.8) is 0 Å². The maximum atomic E-state index is 12.5. The maximum Gasteiger partial charge on any atom is 0.249 e. The minimum absolute atomic E-state index is 0.362. The van der Waals surface area contributed by atoms with Crippen molar-refractivity contribution in [2.45, 2.75) is 276 Å². The van der Waals surface area contributed by atoms with Gasteiger partial charge >= 0.3 is 0 Å². The Morgan fingerprint density at radius 1 is 0.421 bits per heavy atom. The van der Waals surface area contributed by atoms with Crippen molar-refractivity contribution in [3.8, 4) is 0 Å². The predicted molar refractivity (Wildman–Crippen MR) is 247 cm³/mol. The van der Waals surface area contributed by atoms with Crippen molar-refractivity contribution in [2.24, 2.45) is 0 Å². The molecule has 336 valence electrons. The van der Waals surface area contributed by atoms with Crippen LogP contribution in [0.2, 0.25) is 0 Å². The number of amides is 1. The van der Waals surface area contributed by atoms with Crippen LogP contribution in [0.25, 0.3) is 0 Å². The molecule has 4 unspecified atom stereocenters. The van der Waals surface area contributed by atoms with Gasteiger partial charge in [0.15, 0.2) is 0 Å². The van der Waals surface area contributed by atoms with Crippen LogP contribution >= 0.6 is 0 Å². The van der Waals surface area contributed by atoms with Crippen molar-refractivity contribution in [1.29, 1.82) is 0 Å². The Morgan fingerprint density at radius 2 is 0.737 bits per heavy atom. The van der Waals surface area contributed by atoms with Gasteiger partial charge in [0.05, 0.1) is 18.8 Å². The summed E-state index contributed by atoms with van der Waals surface area (Å²) >= 11 is 0. The van der Waals surface area contributed by atoms with Crippen molar-refractivity contribution < 1.29 is 25.2 Å². The monoisotopic (exact) mass is 804 g/mol. The number of hydrogen-bond donors (Lipinski definition) is 5. The number of allylic oxidation sites excluding steroid dienone is 6. The lowest BCUT2D eigenvalue weighted by molar-refractivity contribution is -0.132. The first-order valence-electron chi connectivity index (χ1n) is 24.9. The molecule has 0 bridgehead atoms. The van der Waals surface area contributed by atoms with Gasteiger partial charge in [-0.1, -0.05) is 224 Å². The van der Waals surface area contributed by atoms with E-state index in [-0.39, 0.29) is 0 Å². The van der Waals surface area contributed by atoms with Gasteiger partial charge in [-0.05, 0) is 64.2 Å². The van der Waals surface area contributed by atoms with E-state index >= 15 is 0 Å². The highest BCUT2D eigenvalue weighted by Crippen LogP contribution is 2.17. The number of aliphatic hydroxyl groups is 4. The number of rotatable bonds is 45. The second kappa shape index (κ2) is 45.6. The maximum absolute atomic E-state index is 12.5. The van der Waals surface area contributed by atoms with Gasteiger partial charge in [0.25, 0.3) is 0 Å². The largest absolute Gasteiger partial charge is 0.394 e. The number of carbonyl (C=O) groups is 1. The Hall–Kier alpha value is -1.47. The molecule has 6 nitrogen and oxygen atoms in total. The minimum Gasteiger partial charge on any atom is -0.394 e. The predicted octanol–water partition coefficient (Wildman–Crippen LogP) is 13.7. The van der Waals surface area contributed by atoms with Crippen LogP contribution in [0.1, 0.15) is 251 Å². The molecule has 1 amide bonds. The fourth-order valence-electron chi connectivity index (χ4n) is 7.61. The molecule has 0 fully saturated rings.